The maximum absolute atomic E-state index is 4.12. The quantitative estimate of drug-likeness (QED) is 0.929. The van der Waals surface area contributed by atoms with Gasteiger partial charge in [0.2, 0.25) is 0 Å². The average molecular weight is 301 g/mol. The fraction of sp³-hybridized carbons (Fsp3) is 0.833. The molecule has 2 unspecified atom stereocenters. The first-order chi connectivity index (χ1) is 8.24. The number of nitrogens with zero attached hydrogens (tertiary/aromatic N) is 3. The van der Waals surface area contributed by atoms with Crippen molar-refractivity contribution in [1.29, 1.82) is 0 Å². The zero-order chi connectivity index (χ0) is 12.3. The van der Waals surface area contributed by atoms with Crippen LogP contribution in [0.25, 0.3) is 0 Å². The van der Waals surface area contributed by atoms with Crippen LogP contribution in [-0.2, 0) is 7.05 Å². The molecule has 1 aliphatic carbocycles. The highest BCUT2D eigenvalue weighted by molar-refractivity contribution is 9.10. The highest BCUT2D eigenvalue weighted by atomic mass is 79.9. The number of aryl methyl sites for hydroxylation is 1. The Hall–Kier alpha value is -0.420. The van der Waals surface area contributed by atoms with Gasteiger partial charge in [0, 0.05) is 13.0 Å². The summed E-state index contributed by atoms with van der Waals surface area (Å²) in [7, 11) is 1.99. The molecule has 1 aliphatic rings. The first-order valence-electron chi connectivity index (χ1n) is 6.49. The van der Waals surface area contributed by atoms with Crippen LogP contribution in [0.3, 0.4) is 0 Å². The first kappa shape index (κ1) is 13.0. The third kappa shape index (κ3) is 2.88. The van der Waals surface area contributed by atoms with Crippen LogP contribution in [0.1, 0.15) is 44.2 Å². The number of rotatable bonds is 4. The van der Waals surface area contributed by atoms with E-state index in [1.807, 2.05) is 11.7 Å². The molecule has 0 aliphatic heterocycles. The van der Waals surface area contributed by atoms with E-state index in [0.29, 0.717) is 5.92 Å². The molecule has 0 aromatic carbocycles. The highest BCUT2D eigenvalue weighted by Gasteiger charge is 2.30. The Kier molecular flexibility index (Phi) is 4.56. The van der Waals surface area contributed by atoms with Gasteiger partial charge in [-0.25, -0.2) is 0 Å². The summed E-state index contributed by atoms with van der Waals surface area (Å²) < 4.78 is 2.85. The van der Waals surface area contributed by atoms with Gasteiger partial charge in [-0.2, -0.15) is 0 Å². The number of hydrogen-bond donors (Lipinski definition) is 1. The van der Waals surface area contributed by atoms with Crippen LogP contribution < -0.4 is 5.32 Å². The Balaban J connectivity index is 2.15. The Bertz CT molecular complexity index is 344. The topological polar surface area (TPSA) is 42.7 Å². The predicted molar refractivity (Wildman–Crippen MR) is 71.9 cm³/mol. The molecule has 4 nitrogen and oxygen atoms in total. The zero-order valence-corrected chi connectivity index (χ0v) is 12.2. The fourth-order valence-corrected chi connectivity index (χ4v) is 3.50. The standard InChI is InChI=1S/C12H21BrN4/c1-3-14-8-9-6-4-5-7-10(9)11-12(13)15-16-17(11)2/h9-10,14H,3-8H2,1-2H3. The Labute approximate surface area is 111 Å². The van der Waals surface area contributed by atoms with Crippen LogP contribution in [0, 0.1) is 5.92 Å². The van der Waals surface area contributed by atoms with Gasteiger partial charge in [0.1, 0.15) is 0 Å². The second-order valence-electron chi connectivity index (χ2n) is 4.85. The molecule has 0 saturated heterocycles. The summed E-state index contributed by atoms with van der Waals surface area (Å²) >= 11 is 3.53. The van der Waals surface area contributed by atoms with E-state index >= 15 is 0 Å². The van der Waals surface area contributed by atoms with Crippen molar-refractivity contribution in [3.05, 3.63) is 10.3 Å². The monoisotopic (exact) mass is 300 g/mol. The largest absolute Gasteiger partial charge is 0.317 e. The molecule has 2 atom stereocenters. The van der Waals surface area contributed by atoms with E-state index in [4.69, 9.17) is 0 Å². The lowest BCUT2D eigenvalue weighted by Crippen LogP contribution is -2.30. The molecule has 0 amide bonds. The zero-order valence-electron chi connectivity index (χ0n) is 10.6. The molecule has 0 spiro atoms. The molecule has 1 aromatic heterocycles. The molecule has 0 radical (unpaired) electrons. The minimum atomic E-state index is 0.595. The van der Waals surface area contributed by atoms with Crippen molar-refractivity contribution >= 4 is 15.9 Å². The third-order valence-corrected chi connectivity index (χ3v) is 4.31. The van der Waals surface area contributed by atoms with E-state index in [1.165, 1.54) is 31.4 Å². The molecule has 1 aromatic rings. The lowest BCUT2D eigenvalue weighted by Gasteiger charge is -2.31. The number of aromatic nitrogens is 3. The van der Waals surface area contributed by atoms with Crippen molar-refractivity contribution in [2.24, 2.45) is 13.0 Å². The molecular weight excluding hydrogens is 280 g/mol. The minimum absolute atomic E-state index is 0.595. The molecule has 1 N–H and O–H groups in total. The predicted octanol–water partition coefficient (Wildman–Crippen LogP) is 2.46. The summed E-state index contributed by atoms with van der Waals surface area (Å²) in [6, 6.07) is 0. The third-order valence-electron chi connectivity index (χ3n) is 3.74. The van der Waals surface area contributed by atoms with Gasteiger partial charge in [0.25, 0.3) is 0 Å². The molecule has 5 heteroatoms. The van der Waals surface area contributed by atoms with Gasteiger partial charge in [0.05, 0.1) is 5.69 Å². The van der Waals surface area contributed by atoms with Crippen molar-refractivity contribution in [2.75, 3.05) is 13.1 Å². The normalized spacial score (nSPS) is 25.1. The lowest BCUT2D eigenvalue weighted by molar-refractivity contribution is 0.286. The van der Waals surface area contributed by atoms with E-state index in [9.17, 15) is 0 Å². The molecule has 1 saturated carbocycles. The average Bonchev–Trinajstić information content (AvgIpc) is 2.67. The van der Waals surface area contributed by atoms with Gasteiger partial charge in [-0.05, 0) is 47.8 Å². The SMILES string of the molecule is CCNCC1CCCCC1c1c(Br)nnn1C. The molecule has 17 heavy (non-hydrogen) atoms. The molecular formula is C12H21BrN4. The lowest BCUT2D eigenvalue weighted by atomic mass is 9.77. The van der Waals surface area contributed by atoms with Crippen molar-refractivity contribution < 1.29 is 0 Å². The van der Waals surface area contributed by atoms with Gasteiger partial charge < -0.3 is 5.32 Å². The van der Waals surface area contributed by atoms with Gasteiger partial charge >= 0.3 is 0 Å². The van der Waals surface area contributed by atoms with Crippen molar-refractivity contribution in [3.8, 4) is 0 Å². The van der Waals surface area contributed by atoms with Crippen LogP contribution in [-0.4, -0.2) is 28.1 Å². The molecule has 1 heterocycles. The second-order valence-corrected chi connectivity index (χ2v) is 5.60. The molecule has 2 rings (SSSR count). The van der Waals surface area contributed by atoms with Crippen LogP contribution in [0.5, 0.6) is 0 Å². The Morgan fingerprint density at radius 3 is 2.82 bits per heavy atom. The van der Waals surface area contributed by atoms with Gasteiger partial charge in [-0.3, -0.25) is 4.68 Å². The van der Waals surface area contributed by atoms with Crippen LogP contribution >= 0.6 is 15.9 Å². The first-order valence-corrected chi connectivity index (χ1v) is 7.29. The van der Waals surface area contributed by atoms with Crippen molar-refractivity contribution in [2.45, 2.75) is 38.5 Å². The summed E-state index contributed by atoms with van der Waals surface area (Å²) in [5, 5.41) is 11.7. The number of nitrogens with one attached hydrogen (secondary N) is 1. The van der Waals surface area contributed by atoms with Crippen molar-refractivity contribution in [3.63, 3.8) is 0 Å². The van der Waals surface area contributed by atoms with Gasteiger partial charge in [-0.1, -0.05) is 25.0 Å². The Morgan fingerprint density at radius 1 is 1.41 bits per heavy atom. The smallest absolute Gasteiger partial charge is 0.151 e. The van der Waals surface area contributed by atoms with Crippen LogP contribution in [0.2, 0.25) is 0 Å². The summed E-state index contributed by atoms with van der Waals surface area (Å²) in [6.45, 7) is 4.33. The number of hydrogen-bond acceptors (Lipinski definition) is 3. The van der Waals surface area contributed by atoms with E-state index in [-0.39, 0.29) is 0 Å². The summed E-state index contributed by atoms with van der Waals surface area (Å²) in [6.07, 6.45) is 5.26. The van der Waals surface area contributed by atoms with E-state index in [1.54, 1.807) is 0 Å². The summed E-state index contributed by atoms with van der Waals surface area (Å²) in [4.78, 5) is 0. The van der Waals surface area contributed by atoms with E-state index < -0.39 is 0 Å². The summed E-state index contributed by atoms with van der Waals surface area (Å²) in [5.74, 6) is 1.31. The fourth-order valence-electron chi connectivity index (χ4n) is 2.87. The molecule has 1 fully saturated rings. The number of halogens is 1. The Morgan fingerprint density at radius 2 is 2.18 bits per heavy atom. The highest BCUT2D eigenvalue weighted by Crippen LogP contribution is 2.39. The van der Waals surface area contributed by atoms with E-state index in [0.717, 1.165) is 23.6 Å². The molecule has 0 bridgehead atoms. The second kappa shape index (κ2) is 5.96. The van der Waals surface area contributed by atoms with Crippen molar-refractivity contribution in [1.82, 2.24) is 20.3 Å². The van der Waals surface area contributed by atoms with Gasteiger partial charge in [0.15, 0.2) is 4.60 Å². The van der Waals surface area contributed by atoms with Gasteiger partial charge in [-0.15, -0.1) is 5.10 Å². The maximum Gasteiger partial charge on any atom is 0.151 e. The molecule has 96 valence electrons. The van der Waals surface area contributed by atoms with Crippen LogP contribution in [0.4, 0.5) is 0 Å². The van der Waals surface area contributed by atoms with Crippen LogP contribution in [0.15, 0.2) is 4.60 Å². The van der Waals surface area contributed by atoms with E-state index in [2.05, 4.69) is 38.5 Å². The maximum atomic E-state index is 4.12. The summed E-state index contributed by atoms with van der Waals surface area (Å²) in [5.41, 5.74) is 1.27. The minimum Gasteiger partial charge on any atom is -0.317 e.